The number of esters is 3. The maximum Gasteiger partial charge on any atom is 0.306 e. The Bertz CT molecular complexity index is 1730. The van der Waals surface area contributed by atoms with E-state index in [1.807, 2.05) is 6.08 Å². The van der Waals surface area contributed by atoms with Crippen LogP contribution in [0.5, 0.6) is 0 Å². The van der Waals surface area contributed by atoms with Crippen molar-refractivity contribution in [3.63, 3.8) is 0 Å². The van der Waals surface area contributed by atoms with Crippen molar-refractivity contribution in [3.05, 3.63) is 146 Å². The lowest BCUT2D eigenvalue weighted by Crippen LogP contribution is -2.30. The first kappa shape index (κ1) is 74.3. The molecule has 79 heavy (non-hydrogen) atoms. The van der Waals surface area contributed by atoms with E-state index in [9.17, 15) is 14.4 Å². The molecule has 0 amide bonds. The van der Waals surface area contributed by atoms with Gasteiger partial charge < -0.3 is 14.2 Å². The summed E-state index contributed by atoms with van der Waals surface area (Å²) in [6.07, 6.45) is 94.4. The topological polar surface area (TPSA) is 78.9 Å². The molecule has 0 rings (SSSR count). The van der Waals surface area contributed by atoms with Crippen molar-refractivity contribution in [1.29, 1.82) is 0 Å². The van der Waals surface area contributed by atoms with Gasteiger partial charge in [-0.1, -0.05) is 276 Å². The van der Waals surface area contributed by atoms with Crippen molar-refractivity contribution in [1.82, 2.24) is 0 Å². The van der Waals surface area contributed by atoms with Crippen LogP contribution < -0.4 is 0 Å². The van der Waals surface area contributed by atoms with E-state index in [0.29, 0.717) is 19.3 Å². The van der Waals surface area contributed by atoms with E-state index < -0.39 is 6.10 Å². The highest BCUT2D eigenvalue weighted by atomic mass is 16.6. The van der Waals surface area contributed by atoms with Crippen molar-refractivity contribution in [3.8, 4) is 0 Å². The lowest BCUT2D eigenvalue weighted by atomic mass is 10.1. The van der Waals surface area contributed by atoms with Crippen molar-refractivity contribution < 1.29 is 28.6 Å². The summed E-state index contributed by atoms with van der Waals surface area (Å²) < 4.78 is 16.8. The van der Waals surface area contributed by atoms with Gasteiger partial charge in [0.25, 0.3) is 0 Å². The Morgan fingerprint density at radius 2 is 0.519 bits per heavy atom. The standard InChI is InChI=1S/C73H118O6/c1-4-7-10-13-16-19-22-25-27-29-31-33-34-35-36-37-38-40-41-43-45-48-51-54-57-60-63-66-72(75)78-69-70(68-77-71(74)65-62-59-56-53-50-47-24-21-18-15-12-9-6-3)79-73(76)67-64-61-58-55-52-49-46-44-42-39-32-30-28-26-23-20-17-14-11-8-5-2/h7,9-10,12,16,18-19,21,23,25-27,30-33,35-36,38,40,47,50,56,59,70H,4-6,8,11,13-15,17,20,22,24,28-29,34,37,39,41-46,48-49,51-55,57-58,60-69H2,1-3H3/b10-7-,12-9-,19-16-,21-18-,26-23-,27-25-,32-30-,33-31-,36-35-,40-38-,50-47-,59-56-. The second-order valence-corrected chi connectivity index (χ2v) is 20.9. The van der Waals surface area contributed by atoms with Crippen LogP contribution in [0.3, 0.4) is 0 Å². The SMILES string of the molecule is CC/C=C\C/C=C\C/C=C\C/C=C\C/C=C\C/C=C\CCCCCCCCCCC(=O)OCC(COC(=O)CC/C=C\C/C=C\C/C=C\C/C=C\CC)OC(=O)CCCCCCCCCCC/C=C\C/C=C\CCCCCCC. The molecule has 0 saturated heterocycles. The maximum absolute atomic E-state index is 12.9. The molecule has 0 heterocycles. The van der Waals surface area contributed by atoms with Gasteiger partial charge in [-0.25, -0.2) is 0 Å². The molecule has 446 valence electrons. The fraction of sp³-hybridized carbons (Fsp3) is 0.630. The lowest BCUT2D eigenvalue weighted by Gasteiger charge is -2.18. The van der Waals surface area contributed by atoms with Gasteiger partial charge in [0, 0.05) is 19.3 Å². The Kier molecular flexibility index (Phi) is 61.9. The van der Waals surface area contributed by atoms with E-state index in [0.717, 1.165) is 116 Å². The Labute approximate surface area is 487 Å². The summed E-state index contributed by atoms with van der Waals surface area (Å²) in [6, 6.07) is 0. The first-order chi connectivity index (χ1) is 39.0. The molecule has 1 atom stereocenters. The smallest absolute Gasteiger partial charge is 0.306 e. The van der Waals surface area contributed by atoms with Crippen molar-refractivity contribution in [2.45, 2.75) is 284 Å². The van der Waals surface area contributed by atoms with Crippen LogP contribution >= 0.6 is 0 Å². The number of carbonyl (C=O) groups excluding carboxylic acids is 3. The molecule has 0 saturated carbocycles. The van der Waals surface area contributed by atoms with Crippen LogP contribution in [0.1, 0.15) is 278 Å². The quantitative estimate of drug-likeness (QED) is 0.0261. The number of hydrogen-bond acceptors (Lipinski definition) is 6. The zero-order valence-electron chi connectivity index (χ0n) is 51.1. The third kappa shape index (κ3) is 64.0. The van der Waals surface area contributed by atoms with Crippen molar-refractivity contribution >= 4 is 17.9 Å². The van der Waals surface area contributed by atoms with Crippen LogP contribution in [-0.2, 0) is 28.6 Å². The number of carbonyl (C=O) groups is 3. The molecule has 0 fully saturated rings. The minimum atomic E-state index is -0.820. The lowest BCUT2D eigenvalue weighted by molar-refractivity contribution is -0.166. The van der Waals surface area contributed by atoms with Crippen molar-refractivity contribution in [2.75, 3.05) is 13.2 Å². The largest absolute Gasteiger partial charge is 0.462 e. The van der Waals surface area contributed by atoms with Crippen LogP contribution in [-0.4, -0.2) is 37.2 Å². The number of allylic oxidation sites excluding steroid dienone is 24. The Morgan fingerprint density at radius 1 is 0.266 bits per heavy atom. The first-order valence-corrected chi connectivity index (χ1v) is 32.3. The van der Waals surface area contributed by atoms with Gasteiger partial charge >= 0.3 is 17.9 Å². The number of rotatable bonds is 57. The molecule has 1 unspecified atom stereocenters. The van der Waals surface area contributed by atoms with Crippen LogP contribution in [0, 0.1) is 0 Å². The summed E-state index contributed by atoms with van der Waals surface area (Å²) in [5.41, 5.74) is 0. The van der Waals surface area contributed by atoms with E-state index in [2.05, 4.69) is 161 Å². The Balaban J connectivity index is 4.40. The van der Waals surface area contributed by atoms with Crippen LogP contribution in [0.4, 0.5) is 0 Å². The van der Waals surface area contributed by atoms with E-state index in [1.165, 1.54) is 116 Å². The minimum Gasteiger partial charge on any atom is -0.462 e. The molecular formula is C73H118O6. The second kappa shape index (κ2) is 65.8. The van der Waals surface area contributed by atoms with Gasteiger partial charge in [0.15, 0.2) is 6.10 Å². The highest BCUT2D eigenvalue weighted by Crippen LogP contribution is 2.15. The predicted molar refractivity (Wildman–Crippen MR) is 343 cm³/mol. The fourth-order valence-electron chi connectivity index (χ4n) is 8.55. The minimum absolute atomic E-state index is 0.111. The van der Waals surface area contributed by atoms with Crippen LogP contribution in [0.25, 0.3) is 0 Å². The summed E-state index contributed by atoms with van der Waals surface area (Å²) in [5.74, 6) is -1.01. The van der Waals surface area contributed by atoms with E-state index in [-0.39, 0.29) is 37.5 Å². The highest BCUT2D eigenvalue weighted by molar-refractivity contribution is 5.71. The van der Waals surface area contributed by atoms with Gasteiger partial charge in [-0.2, -0.15) is 0 Å². The van der Waals surface area contributed by atoms with Gasteiger partial charge in [0.1, 0.15) is 13.2 Å². The summed E-state index contributed by atoms with van der Waals surface area (Å²) in [5, 5.41) is 0. The molecule has 0 N–H and O–H groups in total. The third-order valence-corrected chi connectivity index (χ3v) is 13.3. The molecule has 0 spiro atoms. The van der Waals surface area contributed by atoms with Crippen molar-refractivity contribution in [2.24, 2.45) is 0 Å². The molecule has 0 aliphatic rings. The van der Waals surface area contributed by atoms with Crippen LogP contribution in [0.15, 0.2) is 146 Å². The Hall–Kier alpha value is -4.71. The average molecular weight is 1090 g/mol. The second-order valence-electron chi connectivity index (χ2n) is 20.9. The summed E-state index contributed by atoms with van der Waals surface area (Å²) in [6.45, 7) is 6.33. The van der Waals surface area contributed by atoms with Gasteiger partial charge in [0.2, 0.25) is 0 Å². The fourth-order valence-corrected chi connectivity index (χ4v) is 8.55. The van der Waals surface area contributed by atoms with Gasteiger partial charge in [-0.3, -0.25) is 14.4 Å². The van der Waals surface area contributed by atoms with Gasteiger partial charge in [-0.15, -0.1) is 0 Å². The molecule has 0 aliphatic carbocycles. The molecule has 0 aromatic rings. The van der Waals surface area contributed by atoms with E-state index >= 15 is 0 Å². The molecule has 6 nitrogen and oxygen atoms in total. The molecule has 0 bridgehead atoms. The molecule has 0 aromatic carbocycles. The summed E-state index contributed by atoms with van der Waals surface area (Å²) in [7, 11) is 0. The van der Waals surface area contributed by atoms with E-state index in [4.69, 9.17) is 14.2 Å². The molecule has 6 heteroatoms. The van der Waals surface area contributed by atoms with Crippen LogP contribution in [0.2, 0.25) is 0 Å². The zero-order chi connectivity index (χ0) is 57.1. The number of unbranched alkanes of at least 4 members (excludes halogenated alkanes) is 22. The average Bonchev–Trinajstić information content (AvgIpc) is 3.45. The Morgan fingerprint density at radius 3 is 0.848 bits per heavy atom. The van der Waals surface area contributed by atoms with E-state index in [1.54, 1.807) is 0 Å². The number of hydrogen-bond donors (Lipinski definition) is 0. The molecule has 0 aliphatic heterocycles. The van der Waals surface area contributed by atoms with Gasteiger partial charge in [0.05, 0.1) is 0 Å². The highest BCUT2D eigenvalue weighted by Gasteiger charge is 2.19. The van der Waals surface area contributed by atoms with Gasteiger partial charge in [-0.05, 0) is 128 Å². The zero-order valence-corrected chi connectivity index (χ0v) is 51.1. The monoisotopic (exact) mass is 1090 g/mol. The number of ether oxygens (including phenoxy) is 3. The summed E-state index contributed by atoms with van der Waals surface area (Å²) in [4.78, 5) is 38.3. The maximum atomic E-state index is 12.9. The predicted octanol–water partition coefficient (Wildman–Crippen LogP) is 22.3. The summed E-state index contributed by atoms with van der Waals surface area (Å²) >= 11 is 0. The molecule has 0 aromatic heterocycles. The normalized spacial score (nSPS) is 13.1. The first-order valence-electron chi connectivity index (χ1n) is 32.3. The molecule has 0 radical (unpaired) electrons. The molecular weight excluding hydrogens is 973 g/mol. The third-order valence-electron chi connectivity index (χ3n) is 13.3.